The van der Waals surface area contributed by atoms with Crippen LogP contribution in [0.25, 0.3) is 0 Å². The predicted molar refractivity (Wildman–Crippen MR) is 85.9 cm³/mol. The average Bonchev–Trinajstić information content (AvgIpc) is 2.58. The fourth-order valence-corrected chi connectivity index (χ4v) is 3.31. The molecule has 0 aromatic rings. The summed E-state index contributed by atoms with van der Waals surface area (Å²) in [4.78, 5) is 0. The molecular formula is C16H30O10. The van der Waals surface area contributed by atoms with Crippen molar-refractivity contribution in [1.82, 2.24) is 0 Å². The predicted octanol–water partition coefficient (Wildman–Crippen LogP) is -3.30. The van der Waals surface area contributed by atoms with Crippen LogP contribution in [-0.4, -0.2) is 110 Å². The lowest BCUT2D eigenvalue weighted by atomic mass is 9.80. The monoisotopic (exact) mass is 382 g/mol. The van der Waals surface area contributed by atoms with Gasteiger partial charge in [-0.1, -0.05) is 20.8 Å². The standard InChI is InChI=1S/C16H30O10/c1-16(2,3)14-11(22)10(21)13(7(5-18)24-14)26-15-12(23)9(20)8(19)6(4-17)25-15/h6-15,17-23H,4-5H2,1-3H3/t6?,7?,8-,9+,10-,11?,12?,13-,14?,15-/m1/s1. The molecule has 0 radical (unpaired) electrons. The lowest BCUT2D eigenvalue weighted by Crippen LogP contribution is -2.65. The van der Waals surface area contributed by atoms with Crippen LogP contribution in [0.1, 0.15) is 20.8 Å². The summed E-state index contributed by atoms with van der Waals surface area (Å²) >= 11 is 0. The highest BCUT2D eigenvalue weighted by atomic mass is 16.7. The van der Waals surface area contributed by atoms with E-state index in [1.54, 1.807) is 20.8 Å². The van der Waals surface area contributed by atoms with Crippen LogP contribution in [0, 0.1) is 5.41 Å². The molecule has 7 N–H and O–H groups in total. The summed E-state index contributed by atoms with van der Waals surface area (Å²) in [6, 6.07) is 0. The Morgan fingerprint density at radius 1 is 0.731 bits per heavy atom. The molecule has 5 unspecified atom stereocenters. The summed E-state index contributed by atoms with van der Waals surface area (Å²) in [5.74, 6) is 0. The number of hydrogen-bond acceptors (Lipinski definition) is 10. The molecule has 2 fully saturated rings. The van der Waals surface area contributed by atoms with E-state index in [-0.39, 0.29) is 0 Å². The van der Waals surface area contributed by atoms with Crippen molar-refractivity contribution in [2.24, 2.45) is 5.41 Å². The summed E-state index contributed by atoms with van der Waals surface area (Å²) in [6.45, 7) is 4.26. The molecule has 10 heteroatoms. The zero-order valence-electron chi connectivity index (χ0n) is 15.0. The van der Waals surface area contributed by atoms with Gasteiger partial charge in [-0.3, -0.25) is 0 Å². The van der Waals surface area contributed by atoms with Crippen molar-refractivity contribution >= 4 is 0 Å². The highest BCUT2D eigenvalue weighted by Gasteiger charge is 2.52. The van der Waals surface area contributed by atoms with E-state index in [4.69, 9.17) is 14.2 Å². The van der Waals surface area contributed by atoms with Crippen LogP contribution in [-0.2, 0) is 14.2 Å². The highest BCUT2D eigenvalue weighted by molar-refractivity contribution is 4.98. The maximum Gasteiger partial charge on any atom is 0.187 e. The lowest BCUT2D eigenvalue weighted by Gasteiger charge is -2.48. The third kappa shape index (κ3) is 4.20. The molecule has 10 nitrogen and oxygen atoms in total. The molecule has 2 heterocycles. The second kappa shape index (κ2) is 8.31. The normalized spacial score (nSPS) is 47.8. The van der Waals surface area contributed by atoms with Crippen LogP contribution in [0.15, 0.2) is 0 Å². The molecule has 154 valence electrons. The average molecular weight is 382 g/mol. The molecular weight excluding hydrogens is 352 g/mol. The third-order valence-electron chi connectivity index (χ3n) is 4.86. The number of ether oxygens (including phenoxy) is 3. The number of aliphatic hydroxyl groups excluding tert-OH is 7. The van der Waals surface area contributed by atoms with E-state index in [0.717, 1.165) is 0 Å². The Morgan fingerprint density at radius 2 is 1.31 bits per heavy atom. The van der Waals surface area contributed by atoms with Gasteiger partial charge in [0.2, 0.25) is 0 Å². The summed E-state index contributed by atoms with van der Waals surface area (Å²) < 4.78 is 16.4. The van der Waals surface area contributed by atoms with Crippen LogP contribution in [0.3, 0.4) is 0 Å². The Labute approximate surface area is 151 Å². The zero-order valence-corrected chi connectivity index (χ0v) is 15.0. The molecule has 2 aliphatic rings. The van der Waals surface area contributed by atoms with E-state index in [1.165, 1.54) is 0 Å². The van der Waals surface area contributed by atoms with Gasteiger partial charge in [0.05, 0.1) is 19.3 Å². The fourth-order valence-electron chi connectivity index (χ4n) is 3.31. The first kappa shape index (κ1) is 21.9. The van der Waals surface area contributed by atoms with Crippen molar-refractivity contribution in [3.63, 3.8) is 0 Å². The van der Waals surface area contributed by atoms with Crippen molar-refractivity contribution in [3.05, 3.63) is 0 Å². The second-order valence-electron chi connectivity index (χ2n) is 7.92. The quantitative estimate of drug-likeness (QED) is 0.261. The fraction of sp³-hybridized carbons (Fsp3) is 1.00. The summed E-state index contributed by atoms with van der Waals surface area (Å²) in [7, 11) is 0. The van der Waals surface area contributed by atoms with E-state index in [1.807, 2.05) is 0 Å². The molecule has 0 amide bonds. The van der Waals surface area contributed by atoms with Gasteiger partial charge in [0, 0.05) is 0 Å². The van der Waals surface area contributed by atoms with Gasteiger partial charge in [-0.15, -0.1) is 0 Å². The Morgan fingerprint density at radius 3 is 1.81 bits per heavy atom. The second-order valence-corrected chi connectivity index (χ2v) is 7.92. The first-order valence-electron chi connectivity index (χ1n) is 8.61. The topological polar surface area (TPSA) is 169 Å². The maximum absolute atomic E-state index is 10.5. The Hall–Kier alpha value is -0.400. The third-order valence-corrected chi connectivity index (χ3v) is 4.86. The van der Waals surface area contributed by atoms with Crippen LogP contribution in [0.5, 0.6) is 0 Å². The van der Waals surface area contributed by atoms with Crippen molar-refractivity contribution in [3.8, 4) is 0 Å². The van der Waals surface area contributed by atoms with Crippen LogP contribution in [0.2, 0.25) is 0 Å². The van der Waals surface area contributed by atoms with E-state index >= 15 is 0 Å². The molecule has 26 heavy (non-hydrogen) atoms. The molecule has 0 saturated carbocycles. The Balaban J connectivity index is 2.16. The summed E-state index contributed by atoms with van der Waals surface area (Å²) in [5.41, 5.74) is -0.526. The molecule has 0 aromatic heterocycles. The van der Waals surface area contributed by atoms with Crippen LogP contribution < -0.4 is 0 Å². The van der Waals surface area contributed by atoms with Crippen molar-refractivity contribution < 1.29 is 50.0 Å². The van der Waals surface area contributed by atoms with E-state index in [9.17, 15) is 35.7 Å². The van der Waals surface area contributed by atoms with Gasteiger partial charge in [-0.05, 0) is 5.41 Å². The van der Waals surface area contributed by atoms with Crippen molar-refractivity contribution in [1.29, 1.82) is 0 Å². The van der Waals surface area contributed by atoms with E-state index in [2.05, 4.69) is 0 Å². The molecule has 0 aromatic carbocycles. The van der Waals surface area contributed by atoms with Gasteiger partial charge in [0.15, 0.2) is 6.29 Å². The van der Waals surface area contributed by atoms with Crippen LogP contribution >= 0.6 is 0 Å². The molecule has 2 aliphatic heterocycles. The zero-order chi connectivity index (χ0) is 19.8. The number of rotatable bonds is 4. The number of hydrogen-bond donors (Lipinski definition) is 7. The van der Waals surface area contributed by atoms with E-state index < -0.39 is 79.9 Å². The highest BCUT2D eigenvalue weighted by Crippen LogP contribution is 2.35. The Bertz CT molecular complexity index is 451. The van der Waals surface area contributed by atoms with Crippen LogP contribution in [0.4, 0.5) is 0 Å². The van der Waals surface area contributed by atoms with Gasteiger partial charge in [-0.25, -0.2) is 0 Å². The molecule has 0 aliphatic carbocycles. The van der Waals surface area contributed by atoms with Gasteiger partial charge in [0.1, 0.15) is 48.8 Å². The molecule has 2 saturated heterocycles. The molecule has 10 atom stereocenters. The lowest BCUT2D eigenvalue weighted by molar-refractivity contribution is -0.345. The molecule has 0 spiro atoms. The minimum absolute atomic E-state index is 0.526. The minimum atomic E-state index is -1.67. The van der Waals surface area contributed by atoms with Gasteiger partial charge >= 0.3 is 0 Å². The summed E-state index contributed by atoms with van der Waals surface area (Å²) in [5, 5.41) is 69.3. The van der Waals surface area contributed by atoms with Gasteiger partial charge in [0.25, 0.3) is 0 Å². The van der Waals surface area contributed by atoms with E-state index in [0.29, 0.717) is 0 Å². The Kier molecular flexibility index (Phi) is 7.00. The molecule has 0 bridgehead atoms. The smallest absolute Gasteiger partial charge is 0.187 e. The van der Waals surface area contributed by atoms with Crippen molar-refractivity contribution in [2.75, 3.05) is 13.2 Å². The first-order valence-corrected chi connectivity index (χ1v) is 8.61. The van der Waals surface area contributed by atoms with Gasteiger partial charge < -0.3 is 50.0 Å². The first-order chi connectivity index (χ1) is 12.0. The van der Waals surface area contributed by atoms with Crippen molar-refractivity contribution in [2.45, 2.75) is 82.0 Å². The summed E-state index contributed by atoms with van der Waals surface area (Å²) in [6.07, 6.45) is -13.4. The maximum atomic E-state index is 10.5. The number of aliphatic hydroxyl groups is 7. The molecule has 2 rings (SSSR count). The SMILES string of the molecule is CC(C)(C)C1OC(CO)[C@@H](O[C@H]2OC(CO)[C@@H](O)[C@H](O)C2O)[C@H](O)C1O. The minimum Gasteiger partial charge on any atom is -0.394 e. The van der Waals surface area contributed by atoms with Gasteiger partial charge in [-0.2, -0.15) is 0 Å². The largest absolute Gasteiger partial charge is 0.394 e.